The van der Waals surface area contributed by atoms with Crippen LogP contribution in [0, 0.1) is 5.82 Å². The number of hydrogen-bond acceptors (Lipinski definition) is 5. The summed E-state index contributed by atoms with van der Waals surface area (Å²) in [4.78, 5) is 12.1. The summed E-state index contributed by atoms with van der Waals surface area (Å²) in [5.41, 5.74) is 0.754. The predicted molar refractivity (Wildman–Crippen MR) is 105 cm³/mol. The molecule has 1 fully saturated rings. The Balaban J connectivity index is 1.69. The zero-order valence-electron chi connectivity index (χ0n) is 14.8. The molecule has 7 nitrogen and oxygen atoms in total. The summed E-state index contributed by atoms with van der Waals surface area (Å²) in [6.07, 6.45) is 0. The number of carbonyl (C=O) groups is 1. The number of nitrogens with one attached hydrogen (secondary N) is 2. The van der Waals surface area contributed by atoms with E-state index in [9.17, 15) is 17.6 Å². The highest BCUT2D eigenvalue weighted by Gasteiger charge is 2.28. The van der Waals surface area contributed by atoms with Gasteiger partial charge in [-0.25, -0.2) is 12.8 Å². The molecule has 3 rings (SSSR count). The van der Waals surface area contributed by atoms with Crippen LogP contribution in [0.1, 0.15) is 0 Å². The summed E-state index contributed by atoms with van der Waals surface area (Å²) in [6, 6.07) is 9.99. The van der Waals surface area contributed by atoms with E-state index in [2.05, 4.69) is 10.6 Å². The first-order valence-electron chi connectivity index (χ1n) is 8.53. The molecular formula is C18H19ClFN3O4S. The SMILES string of the molecule is O=C(CNc1cccc(F)c1)Nc1ccc(Cl)c(S(=O)(=O)N2CCOCC2)c1. The Hall–Kier alpha value is -2.20. The molecule has 1 saturated heterocycles. The van der Waals surface area contributed by atoms with Gasteiger partial charge in [-0.05, 0) is 36.4 Å². The highest BCUT2D eigenvalue weighted by molar-refractivity contribution is 7.89. The van der Waals surface area contributed by atoms with Crippen LogP contribution in [-0.2, 0) is 19.6 Å². The maximum atomic E-state index is 13.2. The Morgan fingerprint density at radius 2 is 1.89 bits per heavy atom. The number of halogens is 2. The second kappa shape index (κ2) is 8.87. The van der Waals surface area contributed by atoms with Gasteiger partial charge in [0.05, 0.1) is 24.8 Å². The average Bonchev–Trinajstić information content (AvgIpc) is 2.68. The number of sulfonamides is 1. The zero-order valence-corrected chi connectivity index (χ0v) is 16.4. The fraction of sp³-hybridized carbons (Fsp3) is 0.278. The van der Waals surface area contributed by atoms with Gasteiger partial charge < -0.3 is 15.4 Å². The molecule has 0 atom stereocenters. The van der Waals surface area contributed by atoms with E-state index in [0.717, 1.165) is 0 Å². The maximum absolute atomic E-state index is 13.2. The van der Waals surface area contributed by atoms with Crippen LogP contribution in [0.4, 0.5) is 15.8 Å². The van der Waals surface area contributed by atoms with Crippen LogP contribution in [-0.4, -0.2) is 51.5 Å². The van der Waals surface area contributed by atoms with Gasteiger partial charge in [0.2, 0.25) is 15.9 Å². The summed E-state index contributed by atoms with van der Waals surface area (Å²) < 4.78 is 45.3. The Morgan fingerprint density at radius 3 is 2.61 bits per heavy atom. The molecule has 0 saturated carbocycles. The molecule has 0 bridgehead atoms. The molecule has 150 valence electrons. The largest absolute Gasteiger partial charge is 0.379 e. The van der Waals surface area contributed by atoms with E-state index in [0.29, 0.717) is 24.6 Å². The van der Waals surface area contributed by atoms with Crippen molar-refractivity contribution in [2.24, 2.45) is 0 Å². The molecule has 1 aliphatic heterocycles. The normalized spacial score (nSPS) is 15.2. The minimum atomic E-state index is -3.80. The zero-order chi connectivity index (χ0) is 20.1. The van der Waals surface area contributed by atoms with Crippen molar-refractivity contribution >= 4 is 38.9 Å². The number of amides is 1. The molecule has 1 aliphatic rings. The van der Waals surface area contributed by atoms with E-state index in [4.69, 9.17) is 16.3 Å². The number of benzene rings is 2. The predicted octanol–water partition coefficient (Wildman–Crippen LogP) is 2.55. The lowest BCUT2D eigenvalue weighted by Gasteiger charge is -2.26. The van der Waals surface area contributed by atoms with Crippen LogP contribution >= 0.6 is 11.6 Å². The molecule has 0 spiro atoms. The Morgan fingerprint density at radius 1 is 1.14 bits per heavy atom. The van der Waals surface area contributed by atoms with Crippen molar-refractivity contribution < 1.29 is 22.3 Å². The fourth-order valence-corrected chi connectivity index (χ4v) is 4.60. The molecule has 2 aromatic rings. The molecule has 0 aromatic heterocycles. The van der Waals surface area contributed by atoms with Crippen molar-refractivity contribution in [3.8, 4) is 0 Å². The first-order chi connectivity index (χ1) is 13.4. The standard InChI is InChI=1S/C18H19ClFN3O4S/c19-16-5-4-15(11-17(16)28(25,26)23-6-8-27-9-7-23)22-18(24)12-21-14-3-1-2-13(20)10-14/h1-5,10-11,21H,6-9,12H2,(H,22,24). The van der Waals surface area contributed by atoms with Gasteiger partial charge in [-0.3, -0.25) is 4.79 Å². The lowest BCUT2D eigenvalue weighted by atomic mass is 10.3. The number of rotatable bonds is 6. The summed E-state index contributed by atoms with van der Waals surface area (Å²) in [5, 5.41) is 5.47. The maximum Gasteiger partial charge on any atom is 0.244 e. The average molecular weight is 428 g/mol. The summed E-state index contributed by atoms with van der Waals surface area (Å²) in [6.45, 7) is 1.01. The van der Waals surface area contributed by atoms with Gasteiger partial charge in [-0.15, -0.1) is 0 Å². The third-order valence-electron chi connectivity index (χ3n) is 4.08. The van der Waals surface area contributed by atoms with Crippen molar-refractivity contribution in [3.63, 3.8) is 0 Å². The van der Waals surface area contributed by atoms with E-state index >= 15 is 0 Å². The number of hydrogen-bond donors (Lipinski definition) is 2. The van der Waals surface area contributed by atoms with Gasteiger partial charge in [0.15, 0.2) is 0 Å². The number of morpholine rings is 1. The quantitative estimate of drug-likeness (QED) is 0.739. The second-order valence-corrected chi connectivity index (χ2v) is 8.39. The lowest BCUT2D eigenvalue weighted by molar-refractivity contribution is -0.114. The lowest BCUT2D eigenvalue weighted by Crippen LogP contribution is -2.40. The summed E-state index contributed by atoms with van der Waals surface area (Å²) in [7, 11) is -3.80. The van der Waals surface area contributed by atoms with Crippen LogP contribution < -0.4 is 10.6 Å². The Kier molecular flexibility index (Phi) is 6.50. The van der Waals surface area contributed by atoms with Crippen molar-refractivity contribution in [1.29, 1.82) is 0 Å². The first kappa shape index (κ1) is 20.5. The first-order valence-corrected chi connectivity index (χ1v) is 10.3. The van der Waals surface area contributed by atoms with Gasteiger partial charge in [-0.2, -0.15) is 4.31 Å². The van der Waals surface area contributed by atoms with Gasteiger partial charge in [-0.1, -0.05) is 17.7 Å². The van der Waals surface area contributed by atoms with E-state index < -0.39 is 21.7 Å². The van der Waals surface area contributed by atoms with E-state index in [1.54, 1.807) is 6.07 Å². The van der Waals surface area contributed by atoms with Crippen LogP contribution in [0.5, 0.6) is 0 Å². The van der Waals surface area contributed by atoms with Gasteiger partial charge in [0.25, 0.3) is 0 Å². The molecule has 0 aliphatic carbocycles. The van der Waals surface area contributed by atoms with Gasteiger partial charge in [0.1, 0.15) is 10.7 Å². The van der Waals surface area contributed by atoms with Crippen LogP contribution in [0.25, 0.3) is 0 Å². The number of carbonyl (C=O) groups excluding carboxylic acids is 1. The third kappa shape index (κ3) is 4.99. The van der Waals surface area contributed by atoms with Gasteiger partial charge in [0, 0.05) is 24.5 Å². The van der Waals surface area contributed by atoms with Crippen molar-refractivity contribution in [2.75, 3.05) is 43.5 Å². The highest BCUT2D eigenvalue weighted by atomic mass is 35.5. The number of anilines is 2. The van der Waals surface area contributed by atoms with E-state index in [1.165, 1.54) is 40.7 Å². The molecule has 0 unspecified atom stereocenters. The smallest absolute Gasteiger partial charge is 0.244 e. The molecular weight excluding hydrogens is 409 g/mol. The third-order valence-corrected chi connectivity index (χ3v) is 6.46. The molecule has 2 N–H and O–H groups in total. The number of nitrogens with zero attached hydrogens (tertiary/aromatic N) is 1. The van der Waals surface area contributed by atoms with Crippen LogP contribution in [0.2, 0.25) is 5.02 Å². The molecule has 10 heteroatoms. The van der Waals surface area contributed by atoms with E-state index in [-0.39, 0.29) is 29.6 Å². The molecule has 0 radical (unpaired) electrons. The molecule has 28 heavy (non-hydrogen) atoms. The van der Waals surface area contributed by atoms with Crippen molar-refractivity contribution in [1.82, 2.24) is 4.31 Å². The Bertz CT molecular complexity index is 965. The minimum Gasteiger partial charge on any atom is -0.379 e. The number of ether oxygens (including phenoxy) is 1. The fourth-order valence-electron chi connectivity index (χ4n) is 2.69. The Labute approximate surface area is 167 Å². The van der Waals surface area contributed by atoms with Crippen LogP contribution in [0.3, 0.4) is 0 Å². The highest BCUT2D eigenvalue weighted by Crippen LogP contribution is 2.28. The van der Waals surface area contributed by atoms with E-state index in [1.807, 2.05) is 0 Å². The van der Waals surface area contributed by atoms with Gasteiger partial charge >= 0.3 is 0 Å². The second-order valence-electron chi connectivity index (χ2n) is 6.07. The monoisotopic (exact) mass is 427 g/mol. The van der Waals surface area contributed by atoms with Crippen molar-refractivity contribution in [2.45, 2.75) is 4.90 Å². The molecule has 1 amide bonds. The minimum absolute atomic E-state index is 0.0716. The van der Waals surface area contributed by atoms with Crippen LogP contribution in [0.15, 0.2) is 47.4 Å². The summed E-state index contributed by atoms with van der Waals surface area (Å²) in [5.74, 6) is -0.831. The van der Waals surface area contributed by atoms with Crippen molar-refractivity contribution in [3.05, 3.63) is 53.3 Å². The molecule has 2 aromatic carbocycles. The topological polar surface area (TPSA) is 87.7 Å². The molecule has 1 heterocycles. The summed E-state index contributed by atoms with van der Waals surface area (Å²) >= 11 is 6.09.